The molecule has 0 aliphatic heterocycles. The molecule has 0 amide bonds. The molecule has 124 valence electrons. The third-order valence-corrected chi connectivity index (χ3v) is 4.94. The highest BCUT2D eigenvalue weighted by atomic mass is 32.2. The Kier molecular flexibility index (Phi) is 6.46. The number of aryl methyl sites for hydroxylation is 1. The molecule has 1 heterocycles. The predicted molar refractivity (Wildman–Crippen MR) is 88.3 cm³/mol. The van der Waals surface area contributed by atoms with E-state index in [-0.39, 0.29) is 5.75 Å². The van der Waals surface area contributed by atoms with E-state index < -0.39 is 30.1 Å². The van der Waals surface area contributed by atoms with Gasteiger partial charge < -0.3 is 4.74 Å². The van der Waals surface area contributed by atoms with Crippen LogP contribution in [0.2, 0.25) is 0 Å². The fraction of sp³-hybridized carbons (Fsp3) is 0.250. The number of hydrogen-bond acceptors (Lipinski definition) is 7. The zero-order valence-electron chi connectivity index (χ0n) is 12.7. The molecule has 0 saturated heterocycles. The number of halogens is 1. The van der Waals surface area contributed by atoms with Gasteiger partial charge in [-0.2, -0.15) is 5.26 Å². The second-order valence-electron chi connectivity index (χ2n) is 4.74. The maximum Gasteiger partial charge on any atom is 0.316 e. The Bertz CT molecular complexity index is 786. The summed E-state index contributed by atoms with van der Waals surface area (Å²) in [6.45, 7) is 1.26. The number of thioether (sulfide) groups is 1. The van der Waals surface area contributed by atoms with Crippen LogP contribution in [0, 0.1) is 24.1 Å². The number of esters is 1. The molecule has 0 unspecified atom stereocenters. The summed E-state index contributed by atoms with van der Waals surface area (Å²) in [4.78, 5) is 28.1. The summed E-state index contributed by atoms with van der Waals surface area (Å²) in [5.41, 5.74) is 0.723. The van der Waals surface area contributed by atoms with Gasteiger partial charge in [-0.25, -0.2) is 9.37 Å². The molecular formula is C16H13FN2O3S2. The molecule has 2 rings (SSSR count). The van der Waals surface area contributed by atoms with Crippen molar-refractivity contribution in [1.82, 2.24) is 4.98 Å². The van der Waals surface area contributed by atoms with Gasteiger partial charge in [-0.1, -0.05) is 12.1 Å². The zero-order chi connectivity index (χ0) is 17.5. The molecule has 0 N–H and O–H groups in total. The standard InChI is InChI=1S/C16H13FN2O3S2/c1-10-8-24-16(19-10)11(6-18)13(20)7-22-15(21)9-23-14-5-3-2-4-12(14)17/h2-5,8,11H,7,9H2,1H3/t11-/m1/s1. The highest BCUT2D eigenvalue weighted by molar-refractivity contribution is 8.00. The monoisotopic (exact) mass is 364 g/mol. The van der Waals surface area contributed by atoms with E-state index in [1.54, 1.807) is 30.5 Å². The van der Waals surface area contributed by atoms with Crippen LogP contribution in [0.3, 0.4) is 0 Å². The molecule has 8 heteroatoms. The number of carbonyl (C=O) groups is 2. The third kappa shape index (κ3) is 4.88. The highest BCUT2D eigenvalue weighted by Crippen LogP contribution is 2.22. The maximum atomic E-state index is 13.4. The molecule has 0 aliphatic rings. The van der Waals surface area contributed by atoms with Crippen molar-refractivity contribution in [2.45, 2.75) is 17.7 Å². The Labute approximate surface area is 146 Å². The first kappa shape index (κ1) is 18.1. The third-order valence-electron chi connectivity index (χ3n) is 2.89. The van der Waals surface area contributed by atoms with Crippen molar-refractivity contribution in [3.8, 4) is 6.07 Å². The summed E-state index contributed by atoms with van der Waals surface area (Å²) in [6.07, 6.45) is 0. The highest BCUT2D eigenvalue weighted by Gasteiger charge is 2.24. The first-order chi connectivity index (χ1) is 11.5. The predicted octanol–water partition coefficient (Wildman–Crippen LogP) is 3.10. The second-order valence-corrected chi connectivity index (χ2v) is 6.64. The number of hydrogen-bond donors (Lipinski definition) is 0. The van der Waals surface area contributed by atoms with Gasteiger partial charge in [-0.15, -0.1) is 23.1 Å². The van der Waals surface area contributed by atoms with E-state index in [0.717, 1.165) is 17.5 Å². The van der Waals surface area contributed by atoms with Gasteiger partial charge in [0.25, 0.3) is 0 Å². The molecule has 5 nitrogen and oxygen atoms in total. The fourth-order valence-electron chi connectivity index (χ4n) is 1.74. The average Bonchev–Trinajstić information content (AvgIpc) is 2.99. The van der Waals surface area contributed by atoms with Crippen LogP contribution >= 0.6 is 23.1 Å². The van der Waals surface area contributed by atoms with E-state index in [9.17, 15) is 14.0 Å². The number of aromatic nitrogens is 1. The molecule has 24 heavy (non-hydrogen) atoms. The number of nitriles is 1. The summed E-state index contributed by atoms with van der Waals surface area (Å²) in [5.74, 6) is -2.77. The minimum absolute atomic E-state index is 0.123. The number of ether oxygens (including phenoxy) is 1. The van der Waals surface area contributed by atoms with E-state index in [1.807, 2.05) is 6.07 Å². The normalized spacial score (nSPS) is 11.5. The van der Waals surface area contributed by atoms with Crippen molar-refractivity contribution >= 4 is 34.9 Å². The number of Topliss-reactive ketones (excluding diaryl/α,β-unsaturated/α-hetero) is 1. The summed E-state index contributed by atoms with van der Waals surface area (Å²) in [5, 5.41) is 11.2. The summed E-state index contributed by atoms with van der Waals surface area (Å²) in [7, 11) is 0. The minimum Gasteiger partial charge on any atom is -0.457 e. The van der Waals surface area contributed by atoms with Crippen molar-refractivity contribution < 1.29 is 18.7 Å². The lowest BCUT2D eigenvalue weighted by Gasteiger charge is -2.07. The Morgan fingerprint density at radius 1 is 1.46 bits per heavy atom. The molecule has 1 aromatic heterocycles. The number of rotatable bonds is 7. The first-order valence-corrected chi connectivity index (χ1v) is 8.75. The van der Waals surface area contributed by atoms with Crippen LogP contribution in [0.25, 0.3) is 0 Å². The molecule has 0 saturated carbocycles. The van der Waals surface area contributed by atoms with Crippen LogP contribution in [0.5, 0.6) is 0 Å². The minimum atomic E-state index is -1.05. The van der Waals surface area contributed by atoms with Gasteiger partial charge in [0.05, 0.1) is 11.8 Å². The molecule has 0 fully saturated rings. The maximum absolute atomic E-state index is 13.4. The fourth-order valence-corrected chi connectivity index (χ4v) is 3.34. The zero-order valence-corrected chi connectivity index (χ0v) is 14.3. The largest absolute Gasteiger partial charge is 0.457 e. The van der Waals surface area contributed by atoms with Gasteiger partial charge in [-0.05, 0) is 19.1 Å². The molecule has 1 aromatic carbocycles. The van der Waals surface area contributed by atoms with Crippen molar-refractivity contribution in [3.63, 3.8) is 0 Å². The van der Waals surface area contributed by atoms with Gasteiger partial charge in [0.1, 0.15) is 10.8 Å². The Morgan fingerprint density at radius 3 is 2.83 bits per heavy atom. The SMILES string of the molecule is Cc1csc([C@H](C#N)C(=O)COC(=O)CSc2ccccc2F)n1. The molecular weight excluding hydrogens is 351 g/mol. The van der Waals surface area contributed by atoms with E-state index in [2.05, 4.69) is 4.98 Å². The van der Waals surface area contributed by atoms with Crippen molar-refractivity contribution in [3.05, 3.63) is 46.2 Å². The molecule has 0 radical (unpaired) electrons. The molecule has 0 bridgehead atoms. The van der Waals surface area contributed by atoms with Gasteiger partial charge in [-0.3, -0.25) is 9.59 Å². The van der Waals surface area contributed by atoms with Crippen LogP contribution in [0.4, 0.5) is 4.39 Å². The van der Waals surface area contributed by atoms with Crippen LogP contribution in [-0.2, 0) is 14.3 Å². The van der Waals surface area contributed by atoms with Crippen molar-refractivity contribution in [2.24, 2.45) is 0 Å². The number of thiazole rings is 1. The van der Waals surface area contributed by atoms with E-state index in [4.69, 9.17) is 10.00 Å². The van der Waals surface area contributed by atoms with Gasteiger partial charge in [0, 0.05) is 16.0 Å². The van der Waals surface area contributed by atoms with E-state index >= 15 is 0 Å². The lowest BCUT2D eigenvalue weighted by atomic mass is 10.1. The van der Waals surface area contributed by atoms with E-state index in [1.165, 1.54) is 17.4 Å². The molecule has 0 aliphatic carbocycles. The van der Waals surface area contributed by atoms with Crippen molar-refractivity contribution in [1.29, 1.82) is 5.26 Å². The summed E-state index contributed by atoms with van der Waals surface area (Å²) in [6, 6.07) is 7.93. The number of carbonyl (C=O) groups excluding carboxylic acids is 2. The van der Waals surface area contributed by atoms with Crippen molar-refractivity contribution in [2.75, 3.05) is 12.4 Å². The second kappa shape index (κ2) is 8.57. The molecule has 0 spiro atoms. The van der Waals surface area contributed by atoms with Gasteiger partial charge in [0.15, 0.2) is 18.3 Å². The first-order valence-electron chi connectivity index (χ1n) is 6.88. The lowest BCUT2D eigenvalue weighted by Crippen LogP contribution is -2.20. The van der Waals surface area contributed by atoms with E-state index in [0.29, 0.717) is 9.90 Å². The topological polar surface area (TPSA) is 80.0 Å². The lowest BCUT2D eigenvalue weighted by molar-refractivity contribution is -0.145. The number of ketones is 1. The Balaban J connectivity index is 1.83. The number of benzene rings is 1. The molecule has 2 aromatic rings. The van der Waals surface area contributed by atoms with Gasteiger partial charge in [0.2, 0.25) is 0 Å². The summed E-state index contributed by atoms with van der Waals surface area (Å²) >= 11 is 2.20. The van der Waals surface area contributed by atoms with Crippen LogP contribution < -0.4 is 0 Å². The average molecular weight is 364 g/mol. The Hall–Kier alpha value is -2.24. The van der Waals surface area contributed by atoms with Gasteiger partial charge >= 0.3 is 5.97 Å². The quantitative estimate of drug-likeness (QED) is 0.555. The van der Waals surface area contributed by atoms with Crippen LogP contribution in [0.15, 0.2) is 34.5 Å². The van der Waals surface area contributed by atoms with Crippen LogP contribution in [0.1, 0.15) is 16.6 Å². The smallest absolute Gasteiger partial charge is 0.316 e. The summed E-state index contributed by atoms with van der Waals surface area (Å²) < 4.78 is 18.3. The molecule has 1 atom stereocenters. The Morgan fingerprint density at radius 2 is 2.21 bits per heavy atom. The number of nitrogens with zero attached hydrogens (tertiary/aromatic N) is 2. The van der Waals surface area contributed by atoms with Crippen LogP contribution in [-0.4, -0.2) is 29.1 Å².